The fourth-order valence-electron chi connectivity index (χ4n) is 2.83. The fraction of sp³-hybridized carbons (Fsp3) is 0.389. The molecule has 1 aromatic carbocycles. The van der Waals surface area contributed by atoms with Crippen molar-refractivity contribution in [3.05, 3.63) is 45.9 Å². The Bertz CT molecular complexity index is 817. The van der Waals surface area contributed by atoms with Gasteiger partial charge >= 0.3 is 0 Å². The molecule has 0 bridgehead atoms. The average molecular weight is 359 g/mol. The van der Waals surface area contributed by atoms with E-state index in [1.54, 1.807) is 31.4 Å². The van der Waals surface area contributed by atoms with Crippen LogP contribution in [0.25, 0.3) is 0 Å². The number of anilines is 1. The van der Waals surface area contributed by atoms with E-state index in [1.165, 1.54) is 11.8 Å². The Morgan fingerprint density at radius 2 is 2.12 bits per heavy atom. The summed E-state index contributed by atoms with van der Waals surface area (Å²) in [7, 11) is 1.60. The molecule has 1 atom stereocenters. The highest BCUT2D eigenvalue weighted by Gasteiger charge is 2.22. The number of nitrogens with one attached hydrogen (secondary N) is 2. The molecule has 2 aromatic rings. The van der Waals surface area contributed by atoms with Crippen LogP contribution in [0.5, 0.6) is 5.75 Å². The summed E-state index contributed by atoms with van der Waals surface area (Å²) in [4.78, 5) is 32.0. The van der Waals surface area contributed by atoms with Crippen molar-refractivity contribution in [1.29, 1.82) is 0 Å². The van der Waals surface area contributed by atoms with Crippen LogP contribution >= 0.6 is 11.8 Å². The minimum atomic E-state index is -0.329. The third kappa shape index (κ3) is 4.04. The Morgan fingerprint density at radius 1 is 1.36 bits per heavy atom. The number of aryl methyl sites for hydroxylation is 1. The SMILES string of the molecule is CCC(Sc1nc2c(c(=O)[nH]1)CCC2)C(=O)Nc1ccc(OC)cc1. The molecule has 3 rings (SSSR count). The Labute approximate surface area is 150 Å². The first kappa shape index (κ1) is 17.5. The van der Waals surface area contributed by atoms with Gasteiger partial charge in [-0.2, -0.15) is 0 Å². The summed E-state index contributed by atoms with van der Waals surface area (Å²) in [6, 6.07) is 7.18. The first-order valence-corrected chi connectivity index (χ1v) is 9.22. The summed E-state index contributed by atoms with van der Waals surface area (Å²) in [6.07, 6.45) is 3.22. The van der Waals surface area contributed by atoms with Gasteiger partial charge < -0.3 is 15.0 Å². The number of fused-ring (bicyclic) bond motifs is 1. The second-order valence-electron chi connectivity index (χ2n) is 5.88. The van der Waals surface area contributed by atoms with Gasteiger partial charge in [-0.1, -0.05) is 18.7 Å². The van der Waals surface area contributed by atoms with Crippen LogP contribution in [0.4, 0.5) is 5.69 Å². The van der Waals surface area contributed by atoms with Crippen molar-refractivity contribution in [1.82, 2.24) is 9.97 Å². The molecular weight excluding hydrogens is 338 g/mol. The van der Waals surface area contributed by atoms with Gasteiger partial charge in [0.15, 0.2) is 5.16 Å². The molecule has 1 amide bonds. The summed E-state index contributed by atoms with van der Waals surface area (Å²) >= 11 is 1.30. The van der Waals surface area contributed by atoms with E-state index in [2.05, 4.69) is 15.3 Å². The number of thioether (sulfide) groups is 1. The first-order chi connectivity index (χ1) is 12.1. The van der Waals surface area contributed by atoms with E-state index in [1.807, 2.05) is 6.92 Å². The quantitative estimate of drug-likeness (QED) is 0.612. The number of aromatic nitrogens is 2. The smallest absolute Gasteiger partial charge is 0.254 e. The molecule has 1 aliphatic carbocycles. The van der Waals surface area contributed by atoms with Gasteiger partial charge in [-0.25, -0.2) is 4.98 Å². The van der Waals surface area contributed by atoms with Crippen molar-refractivity contribution in [2.24, 2.45) is 0 Å². The molecule has 1 heterocycles. The number of rotatable bonds is 6. The zero-order chi connectivity index (χ0) is 17.8. The van der Waals surface area contributed by atoms with Gasteiger partial charge in [0.25, 0.3) is 5.56 Å². The summed E-state index contributed by atoms with van der Waals surface area (Å²) < 4.78 is 5.11. The van der Waals surface area contributed by atoms with Crippen LogP contribution in [0.15, 0.2) is 34.2 Å². The zero-order valence-corrected chi connectivity index (χ0v) is 15.1. The maximum Gasteiger partial charge on any atom is 0.254 e. The highest BCUT2D eigenvalue weighted by Crippen LogP contribution is 2.25. The van der Waals surface area contributed by atoms with Crippen LogP contribution in [-0.2, 0) is 17.6 Å². The molecule has 0 aliphatic heterocycles. The highest BCUT2D eigenvalue weighted by molar-refractivity contribution is 8.00. The molecule has 1 aliphatic rings. The number of hydrogen-bond acceptors (Lipinski definition) is 5. The second-order valence-corrected chi connectivity index (χ2v) is 7.07. The highest BCUT2D eigenvalue weighted by atomic mass is 32.2. The number of nitrogens with zero attached hydrogens (tertiary/aromatic N) is 1. The molecule has 0 saturated heterocycles. The molecule has 0 radical (unpaired) electrons. The zero-order valence-electron chi connectivity index (χ0n) is 14.3. The van der Waals surface area contributed by atoms with Gasteiger partial charge in [-0.15, -0.1) is 0 Å². The normalized spacial score (nSPS) is 14.0. The number of H-pyrrole nitrogens is 1. The van der Waals surface area contributed by atoms with E-state index in [-0.39, 0.29) is 16.7 Å². The largest absolute Gasteiger partial charge is 0.497 e. The number of carbonyl (C=O) groups excluding carboxylic acids is 1. The number of methoxy groups -OCH3 is 1. The minimum absolute atomic E-state index is 0.0737. The number of benzene rings is 1. The van der Waals surface area contributed by atoms with Crippen molar-refractivity contribution < 1.29 is 9.53 Å². The van der Waals surface area contributed by atoms with Crippen molar-refractivity contribution >= 4 is 23.4 Å². The Hall–Kier alpha value is -2.28. The van der Waals surface area contributed by atoms with Gasteiger partial charge in [0, 0.05) is 11.3 Å². The molecule has 25 heavy (non-hydrogen) atoms. The molecule has 0 saturated carbocycles. The summed E-state index contributed by atoms with van der Waals surface area (Å²) in [6.45, 7) is 1.94. The van der Waals surface area contributed by atoms with Crippen LogP contribution in [0.1, 0.15) is 31.0 Å². The van der Waals surface area contributed by atoms with Crippen molar-refractivity contribution in [3.8, 4) is 5.75 Å². The third-order valence-corrected chi connectivity index (χ3v) is 5.44. The molecule has 6 nitrogen and oxygen atoms in total. The standard InChI is InChI=1S/C18H21N3O3S/c1-3-15(17(23)19-11-7-9-12(24-2)10-8-11)25-18-20-14-6-4-5-13(14)16(22)21-18/h7-10,15H,3-6H2,1-2H3,(H,19,23)(H,20,21,22). The summed E-state index contributed by atoms with van der Waals surface area (Å²) in [5, 5.41) is 3.08. The molecule has 0 spiro atoms. The monoisotopic (exact) mass is 359 g/mol. The fourth-order valence-corrected chi connectivity index (χ4v) is 3.75. The van der Waals surface area contributed by atoms with E-state index < -0.39 is 0 Å². The predicted octanol–water partition coefficient (Wildman–Crippen LogP) is 2.78. The van der Waals surface area contributed by atoms with Gasteiger partial charge in [-0.05, 0) is 49.9 Å². The van der Waals surface area contributed by atoms with E-state index >= 15 is 0 Å². The van der Waals surface area contributed by atoms with Gasteiger partial charge in [0.05, 0.1) is 18.1 Å². The van der Waals surface area contributed by atoms with E-state index in [0.717, 1.165) is 36.3 Å². The van der Waals surface area contributed by atoms with E-state index in [9.17, 15) is 9.59 Å². The number of carbonyl (C=O) groups is 1. The number of hydrogen-bond donors (Lipinski definition) is 2. The lowest BCUT2D eigenvalue weighted by atomic mass is 10.2. The van der Waals surface area contributed by atoms with E-state index in [4.69, 9.17) is 4.74 Å². The van der Waals surface area contributed by atoms with Gasteiger partial charge in [0.2, 0.25) is 5.91 Å². The molecule has 2 N–H and O–H groups in total. The van der Waals surface area contributed by atoms with Crippen LogP contribution in [-0.4, -0.2) is 28.2 Å². The topological polar surface area (TPSA) is 84.1 Å². The first-order valence-electron chi connectivity index (χ1n) is 8.34. The Balaban J connectivity index is 1.70. The lowest BCUT2D eigenvalue weighted by Gasteiger charge is -2.14. The van der Waals surface area contributed by atoms with Gasteiger partial charge in [-0.3, -0.25) is 9.59 Å². The van der Waals surface area contributed by atoms with Crippen LogP contribution in [0.3, 0.4) is 0 Å². The molecule has 0 fully saturated rings. The lowest BCUT2D eigenvalue weighted by molar-refractivity contribution is -0.115. The Kier molecular flexibility index (Phi) is 5.43. The van der Waals surface area contributed by atoms with Crippen LogP contribution < -0.4 is 15.6 Å². The van der Waals surface area contributed by atoms with E-state index in [0.29, 0.717) is 17.3 Å². The lowest BCUT2D eigenvalue weighted by Crippen LogP contribution is -2.25. The van der Waals surface area contributed by atoms with Crippen molar-refractivity contribution in [3.63, 3.8) is 0 Å². The van der Waals surface area contributed by atoms with Crippen molar-refractivity contribution in [2.75, 3.05) is 12.4 Å². The second kappa shape index (κ2) is 7.74. The number of ether oxygens (including phenoxy) is 1. The number of aromatic amines is 1. The number of amides is 1. The Morgan fingerprint density at radius 3 is 2.80 bits per heavy atom. The molecule has 132 valence electrons. The van der Waals surface area contributed by atoms with Crippen molar-refractivity contribution in [2.45, 2.75) is 43.0 Å². The molecule has 1 aromatic heterocycles. The van der Waals surface area contributed by atoms with Crippen LogP contribution in [0, 0.1) is 0 Å². The third-order valence-electron chi connectivity index (χ3n) is 4.19. The average Bonchev–Trinajstić information content (AvgIpc) is 3.09. The predicted molar refractivity (Wildman–Crippen MR) is 98.4 cm³/mol. The summed E-state index contributed by atoms with van der Waals surface area (Å²) in [5.74, 6) is 0.625. The molecule has 1 unspecified atom stereocenters. The maximum absolute atomic E-state index is 12.5. The molecule has 7 heteroatoms. The molecular formula is C18H21N3O3S. The maximum atomic E-state index is 12.5. The minimum Gasteiger partial charge on any atom is -0.497 e. The summed E-state index contributed by atoms with van der Waals surface area (Å²) in [5.41, 5.74) is 2.30. The van der Waals surface area contributed by atoms with Crippen LogP contribution in [0.2, 0.25) is 0 Å². The van der Waals surface area contributed by atoms with Gasteiger partial charge in [0.1, 0.15) is 5.75 Å².